The molecule has 43 heavy (non-hydrogen) atoms. The van der Waals surface area contributed by atoms with Crippen LogP contribution in [0.4, 0.5) is 4.79 Å². The lowest BCUT2D eigenvalue weighted by Crippen LogP contribution is -2.51. The second-order valence-corrected chi connectivity index (χ2v) is 16.8. The molecule has 0 bridgehead atoms. The zero-order chi connectivity index (χ0) is 31.4. The monoisotopic (exact) mass is 625 g/mol. The molecule has 0 aromatic rings. The summed E-state index contributed by atoms with van der Waals surface area (Å²) < 4.78 is 26.2. The van der Waals surface area contributed by atoms with Gasteiger partial charge in [0, 0.05) is 20.1 Å². The van der Waals surface area contributed by atoms with E-state index in [0.29, 0.717) is 11.8 Å². The SMILES string of the molecule is COP(=O)(O)OCCC(O)CCNC(=O)OC1CC[C@@]2(C)C(=CCC3C2CC[C@@]2(C)C3CC[C@@H]2[C@@H](C)CCCC(C)C)C1. The minimum atomic E-state index is -4.04. The second-order valence-electron chi connectivity index (χ2n) is 15.2. The van der Waals surface area contributed by atoms with E-state index in [4.69, 9.17) is 9.26 Å². The van der Waals surface area contributed by atoms with Crippen molar-refractivity contribution >= 4 is 13.9 Å². The van der Waals surface area contributed by atoms with Gasteiger partial charge in [-0.1, -0.05) is 65.5 Å². The Bertz CT molecular complexity index is 1020. The Hall–Kier alpha value is -0.920. The number of carbonyl (C=O) groups is 1. The number of aliphatic hydroxyl groups is 1. The van der Waals surface area contributed by atoms with E-state index < -0.39 is 20.0 Å². The van der Waals surface area contributed by atoms with Crippen molar-refractivity contribution in [2.75, 3.05) is 20.3 Å². The van der Waals surface area contributed by atoms with Crippen molar-refractivity contribution in [3.63, 3.8) is 0 Å². The number of phosphoric ester groups is 1. The average molecular weight is 626 g/mol. The first-order valence-electron chi connectivity index (χ1n) is 17.1. The minimum Gasteiger partial charge on any atom is -0.446 e. The van der Waals surface area contributed by atoms with Gasteiger partial charge in [-0.15, -0.1) is 0 Å². The standard InChI is InChI=1S/C34H60NO7P/c1-23(2)8-7-9-24(3)29-12-13-30-28-11-10-25-22-27(14-18-33(25,4)31(28)15-19-34(29,30)5)42-32(37)35-20-16-26(36)17-21-41-43(38,39)40-6/h10,23-24,26-31,36H,7-9,11-22H2,1-6H3,(H,35,37)(H,38,39)/t24-,26?,27?,28?,29+,30?,31?,33-,34+/m0/s1. The molecule has 248 valence electrons. The number of rotatable bonds is 14. The predicted octanol–water partition coefficient (Wildman–Crippen LogP) is 8.03. The summed E-state index contributed by atoms with van der Waals surface area (Å²) in [5, 5.41) is 12.8. The lowest BCUT2D eigenvalue weighted by Gasteiger charge is -2.58. The molecular weight excluding hydrogens is 565 g/mol. The van der Waals surface area contributed by atoms with E-state index in [0.717, 1.165) is 61.9 Å². The molecule has 0 aromatic heterocycles. The predicted molar refractivity (Wildman–Crippen MR) is 169 cm³/mol. The first-order chi connectivity index (χ1) is 20.3. The van der Waals surface area contributed by atoms with Crippen LogP contribution in [-0.4, -0.2) is 48.6 Å². The van der Waals surface area contributed by atoms with Gasteiger partial charge < -0.3 is 20.1 Å². The third-order valence-electron chi connectivity index (χ3n) is 12.2. The van der Waals surface area contributed by atoms with Gasteiger partial charge in [-0.3, -0.25) is 9.05 Å². The highest BCUT2D eigenvalue weighted by atomic mass is 31.2. The van der Waals surface area contributed by atoms with Gasteiger partial charge in [0.2, 0.25) is 0 Å². The summed E-state index contributed by atoms with van der Waals surface area (Å²) in [6.07, 6.45) is 15.3. The Kier molecular flexibility index (Phi) is 11.9. The summed E-state index contributed by atoms with van der Waals surface area (Å²) in [7, 11) is -2.95. The zero-order valence-corrected chi connectivity index (χ0v) is 28.6. The molecule has 4 aliphatic rings. The molecule has 9 heteroatoms. The largest absolute Gasteiger partial charge is 0.471 e. The quantitative estimate of drug-likeness (QED) is 0.132. The third-order valence-corrected chi connectivity index (χ3v) is 13.2. The summed E-state index contributed by atoms with van der Waals surface area (Å²) in [6.45, 7) is 12.5. The van der Waals surface area contributed by atoms with Crippen LogP contribution in [0.5, 0.6) is 0 Å². The van der Waals surface area contributed by atoms with Crippen LogP contribution in [0.2, 0.25) is 0 Å². The van der Waals surface area contributed by atoms with Gasteiger partial charge >= 0.3 is 13.9 Å². The van der Waals surface area contributed by atoms with Gasteiger partial charge in [-0.2, -0.15) is 0 Å². The van der Waals surface area contributed by atoms with E-state index in [9.17, 15) is 19.4 Å². The summed E-state index contributed by atoms with van der Waals surface area (Å²) >= 11 is 0. The van der Waals surface area contributed by atoms with E-state index in [1.807, 2.05) is 0 Å². The van der Waals surface area contributed by atoms with Crippen LogP contribution in [0.3, 0.4) is 0 Å². The fourth-order valence-corrected chi connectivity index (χ4v) is 10.2. The van der Waals surface area contributed by atoms with E-state index in [1.165, 1.54) is 56.9 Å². The van der Waals surface area contributed by atoms with Crippen molar-refractivity contribution in [2.45, 2.75) is 130 Å². The first-order valence-corrected chi connectivity index (χ1v) is 18.6. The number of ether oxygens (including phenoxy) is 1. The maximum atomic E-state index is 12.5. The number of hydrogen-bond acceptors (Lipinski definition) is 6. The van der Waals surface area contributed by atoms with Crippen LogP contribution >= 0.6 is 7.82 Å². The maximum absolute atomic E-state index is 12.5. The molecule has 0 heterocycles. The molecule has 3 saturated carbocycles. The van der Waals surface area contributed by atoms with Gasteiger partial charge in [0.15, 0.2) is 0 Å². The highest BCUT2D eigenvalue weighted by Crippen LogP contribution is 2.67. The first kappa shape index (κ1) is 34.9. The molecule has 1 amide bonds. The number of amides is 1. The zero-order valence-electron chi connectivity index (χ0n) is 27.7. The molecule has 0 saturated heterocycles. The number of phosphoric acid groups is 1. The Labute approximate surface area is 260 Å². The van der Waals surface area contributed by atoms with Crippen LogP contribution in [-0.2, 0) is 18.3 Å². The Morgan fingerprint density at radius 1 is 1.07 bits per heavy atom. The lowest BCUT2D eigenvalue weighted by molar-refractivity contribution is -0.0581. The van der Waals surface area contributed by atoms with Crippen LogP contribution in [0.25, 0.3) is 0 Å². The van der Waals surface area contributed by atoms with Crippen molar-refractivity contribution in [3.05, 3.63) is 11.6 Å². The lowest BCUT2D eigenvalue weighted by atomic mass is 9.47. The topological polar surface area (TPSA) is 114 Å². The van der Waals surface area contributed by atoms with Crippen molar-refractivity contribution in [1.82, 2.24) is 5.32 Å². The molecule has 3 N–H and O–H groups in total. The molecule has 0 radical (unpaired) electrons. The van der Waals surface area contributed by atoms with Crippen LogP contribution < -0.4 is 5.32 Å². The van der Waals surface area contributed by atoms with Gasteiger partial charge in [-0.05, 0) is 104 Å². The van der Waals surface area contributed by atoms with Crippen molar-refractivity contribution in [1.29, 1.82) is 0 Å². The van der Waals surface area contributed by atoms with Crippen LogP contribution in [0.1, 0.15) is 118 Å². The van der Waals surface area contributed by atoms with Crippen LogP contribution in [0, 0.1) is 46.3 Å². The fraction of sp³-hybridized carbons (Fsp3) is 0.912. The molecule has 10 atom stereocenters. The summed E-state index contributed by atoms with van der Waals surface area (Å²) in [4.78, 5) is 21.8. The normalized spacial score (nSPS) is 36.5. The van der Waals surface area contributed by atoms with Gasteiger partial charge in [-0.25, -0.2) is 9.36 Å². The average Bonchev–Trinajstić information content (AvgIpc) is 3.30. The summed E-state index contributed by atoms with van der Waals surface area (Å²) in [6, 6.07) is 0. The van der Waals surface area contributed by atoms with E-state index >= 15 is 0 Å². The molecule has 4 rings (SSSR count). The van der Waals surface area contributed by atoms with Crippen molar-refractivity contribution < 1.29 is 33.1 Å². The number of carbonyl (C=O) groups excluding carboxylic acids is 1. The van der Waals surface area contributed by atoms with Crippen LogP contribution in [0.15, 0.2) is 11.6 Å². The number of hydrogen-bond donors (Lipinski definition) is 3. The van der Waals surface area contributed by atoms with E-state index in [-0.39, 0.29) is 31.1 Å². The van der Waals surface area contributed by atoms with Gasteiger partial charge in [0.25, 0.3) is 0 Å². The molecule has 3 fully saturated rings. The number of aliphatic hydroxyl groups excluding tert-OH is 1. The highest BCUT2D eigenvalue weighted by Gasteiger charge is 2.59. The number of fused-ring (bicyclic) bond motifs is 5. The summed E-state index contributed by atoms with van der Waals surface area (Å²) in [5.74, 6) is 4.87. The maximum Gasteiger partial charge on any atom is 0.471 e. The summed E-state index contributed by atoms with van der Waals surface area (Å²) in [5.41, 5.74) is 2.21. The van der Waals surface area contributed by atoms with E-state index in [2.05, 4.69) is 50.5 Å². The second kappa shape index (κ2) is 14.7. The van der Waals surface area contributed by atoms with Crippen molar-refractivity contribution in [2.24, 2.45) is 46.3 Å². The molecule has 0 spiro atoms. The van der Waals surface area contributed by atoms with Gasteiger partial charge in [0.1, 0.15) is 6.10 Å². The third kappa shape index (κ3) is 8.27. The van der Waals surface area contributed by atoms with Gasteiger partial charge in [0.05, 0.1) is 12.7 Å². The number of allylic oxidation sites excluding steroid dienone is 1. The number of alkyl carbamates (subject to hydrolysis) is 1. The van der Waals surface area contributed by atoms with Crippen molar-refractivity contribution in [3.8, 4) is 0 Å². The molecule has 0 aliphatic heterocycles. The number of nitrogens with one attached hydrogen (secondary N) is 1. The molecule has 6 unspecified atom stereocenters. The Morgan fingerprint density at radius 3 is 2.56 bits per heavy atom. The minimum absolute atomic E-state index is 0.108. The molecule has 8 nitrogen and oxygen atoms in total. The molecule has 0 aromatic carbocycles. The molecular formula is C34H60NO7P. The Balaban J connectivity index is 1.25. The fourth-order valence-electron chi connectivity index (χ4n) is 9.79. The molecule has 4 aliphatic carbocycles. The highest BCUT2D eigenvalue weighted by molar-refractivity contribution is 7.47. The smallest absolute Gasteiger partial charge is 0.446 e. The Morgan fingerprint density at radius 2 is 1.84 bits per heavy atom. The van der Waals surface area contributed by atoms with E-state index in [1.54, 1.807) is 0 Å².